The Labute approximate surface area is 86.3 Å². The molecule has 0 saturated carbocycles. The normalized spacial score (nSPS) is 12.9. The summed E-state index contributed by atoms with van der Waals surface area (Å²) in [4.78, 5) is 10.7. The number of hydrogen-bond donors (Lipinski definition) is 1. The van der Waals surface area contributed by atoms with E-state index in [2.05, 4.69) is 10.3 Å². The SMILES string of the molecule is CC(Cc1nnn2ccccc12)C(=O)O. The molecule has 0 aromatic carbocycles. The number of rotatable bonds is 3. The van der Waals surface area contributed by atoms with Crippen LogP contribution in [0, 0.1) is 5.92 Å². The minimum absolute atomic E-state index is 0.406. The van der Waals surface area contributed by atoms with E-state index in [-0.39, 0.29) is 0 Å². The van der Waals surface area contributed by atoms with Gasteiger partial charge in [-0.3, -0.25) is 4.79 Å². The lowest BCUT2D eigenvalue weighted by Gasteiger charge is -2.02. The monoisotopic (exact) mass is 205 g/mol. The second-order valence-electron chi connectivity index (χ2n) is 3.51. The number of carbonyl (C=O) groups is 1. The number of aliphatic carboxylic acids is 1. The molecule has 15 heavy (non-hydrogen) atoms. The molecule has 1 N–H and O–H groups in total. The van der Waals surface area contributed by atoms with Crippen LogP contribution in [0.4, 0.5) is 0 Å². The zero-order chi connectivity index (χ0) is 10.8. The van der Waals surface area contributed by atoms with Crippen LogP contribution in [0.25, 0.3) is 5.52 Å². The second-order valence-corrected chi connectivity index (χ2v) is 3.51. The van der Waals surface area contributed by atoms with Crippen LogP contribution < -0.4 is 0 Å². The van der Waals surface area contributed by atoms with Gasteiger partial charge in [0, 0.05) is 12.6 Å². The highest BCUT2D eigenvalue weighted by atomic mass is 16.4. The van der Waals surface area contributed by atoms with Gasteiger partial charge in [0.2, 0.25) is 0 Å². The highest BCUT2D eigenvalue weighted by molar-refractivity contribution is 5.70. The Bertz CT molecular complexity index is 492. The number of carboxylic acids is 1. The molecule has 1 unspecified atom stereocenters. The fourth-order valence-electron chi connectivity index (χ4n) is 1.42. The van der Waals surface area contributed by atoms with Gasteiger partial charge in [0.05, 0.1) is 17.1 Å². The molecular formula is C10H11N3O2. The van der Waals surface area contributed by atoms with E-state index in [1.54, 1.807) is 17.6 Å². The van der Waals surface area contributed by atoms with Gasteiger partial charge >= 0.3 is 5.97 Å². The van der Waals surface area contributed by atoms with E-state index in [1.165, 1.54) is 0 Å². The Morgan fingerprint density at radius 3 is 3.13 bits per heavy atom. The predicted octanol–water partition coefficient (Wildman–Crippen LogP) is 0.992. The topological polar surface area (TPSA) is 67.5 Å². The zero-order valence-electron chi connectivity index (χ0n) is 8.29. The summed E-state index contributed by atoms with van der Waals surface area (Å²) in [6.07, 6.45) is 2.19. The molecule has 0 saturated heterocycles. The van der Waals surface area contributed by atoms with E-state index in [0.29, 0.717) is 6.42 Å². The van der Waals surface area contributed by atoms with Crippen molar-refractivity contribution < 1.29 is 9.90 Å². The molecule has 0 aliphatic heterocycles. The molecule has 0 spiro atoms. The molecular weight excluding hydrogens is 194 g/mol. The summed E-state index contributed by atoms with van der Waals surface area (Å²) in [7, 11) is 0. The lowest BCUT2D eigenvalue weighted by molar-refractivity contribution is -0.141. The summed E-state index contributed by atoms with van der Waals surface area (Å²) in [5, 5.41) is 16.7. The Balaban J connectivity index is 2.32. The highest BCUT2D eigenvalue weighted by Gasteiger charge is 2.15. The predicted molar refractivity (Wildman–Crippen MR) is 53.5 cm³/mol. The van der Waals surface area contributed by atoms with Gasteiger partial charge in [-0.05, 0) is 12.1 Å². The molecule has 1 atom stereocenters. The van der Waals surface area contributed by atoms with Gasteiger partial charge in [-0.2, -0.15) is 0 Å². The van der Waals surface area contributed by atoms with Gasteiger partial charge < -0.3 is 5.11 Å². The Morgan fingerprint density at radius 2 is 2.40 bits per heavy atom. The van der Waals surface area contributed by atoms with Crippen molar-refractivity contribution in [3.63, 3.8) is 0 Å². The molecule has 2 rings (SSSR count). The van der Waals surface area contributed by atoms with Crippen LogP contribution in [0.1, 0.15) is 12.6 Å². The van der Waals surface area contributed by atoms with E-state index in [4.69, 9.17) is 5.11 Å². The third kappa shape index (κ3) is 1.81. The van der Waals surface area contributed by atoms with E-state index in [0.717, 1.165) is 11.2 Å². The van der Waals surface area contributed by atoms with Gasteiger partial charge in [-0.15, -0.1) is 5.10 Å². The van der Waals surface area contributed by atoms with Crippen LogP contribution >= 0.6 is 0 Å². The van der Waals surface area contributed by atoms with Crippen molar-refractivity contribution in [2.24, 2.45) is 5.92 Å². The van der Waals surface area contributed by atoms with Gasteiger partial charge in [0.1, 0.15) is 0 Å². The first-order valence-electron chi connectivity index (χ1n) is 4.70. The van der Waals surface area contributed by atoms with Gasteiger partial charge in [-0.1, -0.05) is 18.2 Å². The summed E-state index contributed by atoms with van der Waals surface area (Å²) in [5.74, 6) is -1.25. The first-order chi connectivity index (χ1) is 7.18. The highest BCUT2D eigenvalue weighted by Crippen LogP contribution is 2.12. The minimum atomic E-state index is -0.813. The molecule has 0 aliphatic carbocycles. The maximum atomic E-state index is 10.7. The first-order valence-corrected chi connectivity index (χ1v) is 4.70. The standard InChI is InChI=1S/C10H11N3O2/c1-7(10(14)15)6-8-9-4-2-3-5-13(9)12-11-8/h2-5,7H,6H2,1H3,(H,14,15). The number of carboxylic acid groups (broad SMARTS) is 1. The molecule has 2 aromatic heterocycles. The average molecular weight is 205 g/mol. The summed E-state index contributed by atoms with van der Waals surface area (Å²) < 4.78 is 1.64. The van der Waals surface area contributed by atoms with E-state index >= 15 is 0 Å². The van der Waals surface area contributed by atoms with Crippen molar-refractivity contribution in [3.8, 4) is 0 Å². The molecule has 2 heterocycles. The average Bonchev–Trinajstić information content (AvgIpc) is 2.62. The molecule has 0 radical (unpaired) electrons. The quantitative estimate of drug-likeness (QED) is 0.811. The van der Waals surface area contributed by atoms with Crippen molar-refractivity contribution >= 4 is 11.5 Å². The third-order valence-electron chi connectivity index (χ3n) is 2.32. The first kappa shape index (κ1) is 9.64. The molecule has 5 heteroatoms. The summed E-state index contributed by atoms with van der Waals surface area (Å²) in [6.45, 7) is 1.66. The molecule has 78 valence electrons. The van der Waals surface area contributed by atoms with Crippen LogP contribution in [-0.4, -0.2) is 25.9 Å². The summed E-state index contributed by atoms with van der Waals surface area (Å²) in [6, 6.07) is 5.61. The lowest BCUT2D eigenvalue weighted by atomic mass is 10.1. The van der Waals surface area contributed by atoms with Crippen molar-refractivity contribution in [1.29, 1.82) is 0 Å². The molecule has 2 aromatic rings. The number of pyridine rings is 1. The fraction of sp³-hybridized carbons (Fsp3) is 0.300. The zero-order valence-corrected chi connectivity index (χ0v) is 8.29. The lowest BCUT2D eigenvalue weighted by Crippen LogP contribution is -2.12. The largest absolute Gasteiger partial charge is 0.481 e. The van der Waals surface area contributed by atoms with Crippen molar-refractivity contribution in [2.75, 3.05) is 0 Å². The van der Waals surface area contributed by atoms with Crippen LogP contribution in [0.2, 0.25) is 0 Å². The van der Waals surface area contributed by atoms with E-state index in [9.17, 15) is 4.79 Å². The molecule has 0 fully saturated rings. The number of nitrogens with zero attached hydrogens (tertiary/aromatic N) is 3. The van der Waals surface area contributed by atoms with Crippen LogP contribution in [0.15, 0.2) is 24.4 Å². The van der Waals surface area contributed by atoms with Crippen molar-refractivity contribution in [1.82, 2.24) is 14.8 Å². The molecule has 0 amide bonds. The van der Waals surface area contributed by atoms with Gasteiger partial charge in [0.25, 0.3) is 0 Å². The Hall–Kier alpha value is -1.91. The van der Waals surface area contributed by atoms with Crippen LogP contribution in [0.5, 0.6) is 0 Å². The summed E-state index contributed by atoms with van der Waals surface area (Å²) in [5.41, 5.74) is 1.59. The fourth-order valence-corrected chi connectivity index (χ4v) is 1.42. The smallest absolute Gasteiger partial charge is 0.306 e. The third-order valence-corrected chi connectivity index (χ3v) is 2.32. The minimum Gasteiger partial charge on any atom is -0.481 e. The number of fused-ring (bicyclic) bond motifs is 1. The van der Waals surface area contributed by atoms with E-state index < -0.39 is 11.9 Å². The van der Waals surface area contributed by atoms with Crippen molar-refractivity contribution in [2.45, 2.75) is 13.3 Å². The van der Waals surface area contributed by atoms with Gasteiger partial charge in [-0.25, -0.2) is 4.52 Å². The molecule has 5 nitrogen and oxygen atoms in total. The van der Waals surface area contributed by atoms with Gasteiger partial charge in [0.15, 0.2) is 0 Å². The van der Waals surface area contributed by atoms with Crippen molar-refractivity contribution in [3.05, 3.63) is 30.1 Å². The maximum Gasteiger partial charge on any atom is 0.306 e. The Morgan fingerprint density at radius 1 is 1.60 bits per heavy atom. The van der Waals surface area contributed by atoms with Crippen LogP contribution in [-0.2, 0) is 11.2 Å². The molecule has 0 aliphatic rings. The molecule has 0 bridgehead atoms. The summed E-state index contributed by atoms with van der Waals surface area (Å²) >= 11 is 0. The maximum absolute atomic E-state index is 10.7. The van der Waals surface area contributed by atoms with Crippen LogP contribution in [0.3, 0.4) is 0 Å². The van der Waals surface area contributed by atoms with E-state index in [1.807, 2.05) is 18.2 Å². The number of aromatic nitrogens is 3. The Kier molecular flexibility index (Phi) is 2.37. The second kappa shape index (κ2) is 3.68. The number of hydrogen-bond acceptors (Lipinski definition) is 3.